The van der Waals surface area contributed by atoms with Crippen molar-refractivity contribution in [2.75, 3.05) is 5.32 Å². The van der Waals surface area contributed by atoms with Crippen LogP contribution in [0.2, 0.25) is 0 Å². The molecule has 3 heteroatoms. The van der Waals surface area contributed by atoms with Crippen LogP contribution in [-0.4, -0.2) is 0 Å². The van der Waals surface area contributed by atoms with E-state index in [1.807, 2.05) is 32.0 Å². The van der Waals surface area contributed by atoms with Crippen molar-refractivity contribution in [2.24, 2.45) is 0 Å². The Morgan fingerprint density at radius 3 is 2.50 bits per heavy atom. The summed E-state index contributed by atoms with van der Waals surface area (Å²) in [4.78, 5) is 0. The van der Waals surface area contributed by atoms with Gasteiger partial charge >= 0.3 is 0 Å². The normalized spacial score (nSPS) is 12.2. The first-order chi connectivity index (χ1) is 9.54. The van der Waals surface area contributed by atoms with Crippen molar-refractivity contribution in [3.63, 3.8) is 0 Å². The maximum absolute atomic E-state index is 13.8. The molecule has 0 radical (unpaired) electrons. The monoisotopic (exact) mass is 275 g/mol. The van der Waals surface area contributed by atoms with E-state index in [-0.39, 0.29) is 6.04 Å². The van der Waals surface area contributed by atoms with E-state index in [0.717, 1.165) is 23.7 Å². The van der Waals surface area contributed by atoms with Gasteiger partial charge in [-0.1, -0.05) is 37.3 Å². The third-order valence-electron chi connectivity index (χ3n) is 3.55. The molecule has 0 spiro atoms. The molecule has 0 aromatic heterocycles. The molecule has 20 heavy (non-hydrogen) atoms. The Morgan fingerprint density at radius 1 is 1.10 bits per heavy atom. The number of aryl methyl sites for hydroxylation is 2. The molecule has 0 aliphatic carbocycles. The van der Waals surface area contributed by atoms with Crippen LogP contribution in [0, 0.1) is 18.6 Å². The van der Waals surface area contributed by atoms with Crippen LogP contribution in [0.3, 0.4) is 0 Å². The molecule has 1 N–H and O–H groups in total. The Bertz CT molecular complexity index is 608. The lowest BCUT2D eigenvalue weighted by Crippen LogP contribution is -2.12. The lowest BCUT2D eigenvalue weighted by Gasteiger charge is -2.20. The first-order valence-corrected chi connectivity index (χ1v) is 6.83. The minimum Gasteiger partial charge on any atom is -0.378 e. The van der Waals surface area contributed by atoms with Gasteiger partial charge in [0.05, 0.1) is 6.04 Å². The van der Waals surface area contributed by atoms with Crippen molar-refractivity contribution in [1.29, 1.82) is 0 Å². The number of hydrogen-bond acceptors (Lipinski definition) is 1. The van der Waals surface area contributed by atoms with Gasteiger partial charge < -0.3 is 5.32 Å². The third kappa shape index (κ3) is 2.82. The van der Waals surface area contributed by atoms with Gasteiger partial charge in [0.2, 0.25) is 0 Å². The standard InChI is InChI=1S/C17H19F2N/c1-4-13-8-5-7-11(2)17(13)20-12(3)14-9-6-10-15(18)16(14)19/h5-10,12,20H,4H2,1-3H3. The van der Waals surface area contributed by atoms with E-state index >= 15 is 0 Å². The molecule has 0 aliphatic rings. The SMILES string of the molecule is CCc1cccc(C)c1NC(C)c1cccc(F)c1F. The van der Waals surface area contributed by atoms with Crippen LogP contribution in [-0.2, 0) is 6.42 Å². The van der Waals surface area contributed by atoms with Crippen LogP contribution in [0.1, 0.15) is 36.6 Å². The topological polar surface area (TPSA) is 12.0 Å². The maximum Gasteiger partial charge on any atom is 0.164 e. The number of halogens is 2. The van der Waals surface area contributed by atoms with Crippen molar-refractivity contribution in [2.45, 2.75) is 33.2 Å². The fourth-order valence-electron chi connectivity index (χ4n) is 2.38. The van der Waals surface area contributed by atoms with Gasteiger partial charge in [0.1, 0.15) is 0 Å². The summed E-state index contributed by atoms with van der Waals surface area (Å²) in [5.41, 5.74) is 3.63. The molecule has 106 valence electrons. The Labute approximate surface area is 118 Å². The zero-order valence-electron chi connectivity index (χ0n) is 12.0. The third-order valence-corrected chi connectivity index (χ3v) is 3.55. The second-order valence-electron chi connectivity index (χ2n) is 4.97. The number of benzene rings is 2. The molecule has 0 bridgehead atoms. The molecule has 2 aromatic carbocycles. The molecular formula is C17H19F2N. The quantitative estimate of drug-likeness (QED) is 0.827. The van der Waals surface area contributed by atoms with Crippen LogP contribution in [0.25, 0.3) is 0 Å². The second-order valence-corrected chi connectivity index (χ2v) is 4.97. The largest absolute Gasteiger partial charge is 0.378 e. The highest BCUT2D eigenvalue weighted by Crippen LogP contribution is 2.27. The van der Waals surface area contributed by atoms with Gasteiger partial charge in [-0.25, -0.2) is 8.78 Å². The van der Waals surface area contributed by atoms with E-state index in [9.17, 15) is 8.78 Å². The van der Waals surface area contributed by atoms with Gasteiger partial charge in [0, 0.05) is 11.3 Å². The number of nitrogens with one attached hydrogen (secondary N) is 1. The Kier molecular flexibility index (Phi) is 4.38. The summed E-state index contributed by atoms with van der Waals surface area (Å²) in [6, 6.07) is 10.0. The average molecular weight is 275 g/mol. The molecule has 1 atom stereocenters. The smallest absolute Gasteiger partial charge is 0.164 e. The van der Waals surface area contributed by atoms with E-state index in [2.05, 4.69) is 12.2 Å². The van der Waals surface area contributed by atoms with E-state index in [1.54, 1.807) is 6.07 Å². The number of hydrogen-bond donors (Lipinski definition) is 1. The summed E-state index contributed by atoms with van der Waals surface area (Å²) in [6.07, 6.45) is 0.891. The van der Waals surface area contributed by atoms with Crippen molar-refractivity contribution in [3.05, 3.63) is 64.7 Å². The minimum absolute atomic E-state index is 0.294. The van der Waals surface area contributed by atoms with Gasteiger partial charge in [-0.15, -0.1) is 0 Å². The predicted molar refractivity (Wildman–Crippen MR) is 79.0 cm³/mol. The van der Waals surface area contributed by atoms with Crippen molar-refractivity contribution in [3.8, 4) is 0 Å². The molecule has 0 aliphatic heterocycles. The summed E-state index contributed by atoms with van der Waals surface area (Å²) in [5.74, 6) is -1.59. The summed E-state index contributed by atoms with van der Waals surface area (Å²) in [7, 11) is 0. The van der Waals surface area contributed by atoms with Gasteiger partial charge in [-0.3, -0.25) is 0 Å². The first-order valence-electron chi connectivity index (χ1n) is 6.83. The highest BCUT2D eigenvalue weighted by atomic mass is 19.2. The fourth-order valence-corrected chi connectivity index (χ4v) is 2.38. The highest BCUT2D eigenvalue weighted by molar-refractivity contribution is 5.58. The Morgan fingerprint density at radius 2 is 1.80 bits per heavy atom. The van der Waals surface area contributed by atoms with E-state index in [1.165, 1.54) is 11.6 Å². The molecule has 0 saturated heterocycles. The Balaban J connectivity index is 2.33. The molecule has 1 unspecified atom stereocenters. The Hall–Kier alpha value is -1.90. The molecule has 0 saturated carbocycles. The lowest BCUT2D eigenvalue weighted by molar-refractivity contribution is 0.494. The first kappa shape index (κ1) is 14.5. The van der Waals surface area contributed by atoms with E-state index in [4.69, 9.17) is 0 Å². The molecule has 0 fully saturated rings. The van der Waals surface area contributed by atoms with Crippen LogP contribution < -0.4 is 5.32 Å². The van der Waals surface area contributed by atoms with Crippen LogP contribution in [0.5, 0.6) is 0 Å². The van der Waals surface area contributed by atoms with Gasteiger partial charge in [0.15, 0.2) is 11.6 Å². The molecular weight excluding hydrogens is 256 g/mol. The zero-order valence-corrected chi connectivity index (χ0v) is 12.0. The zero-order chi connectivity index (χ0) is 14.7. The summed E-state index contributed by atoms with van der Waals surface area (Å²) in [5, 5.41) is 3.31. The minimum atomic E-state index is -0.809. The van der Waals surface area contributed by atoms with Crippen LogP contribution in [0.4, 0.5) is 14.5 Å². The molecule has 0 amide bonds. The molecule has 2 aromatic rings. The van der Waals surface area contributed by atoms with Gasteiger partial charge in [-0.2, -0.15) is 0 Å². The highest BCUT2D eigenvalue weighted by Gasteiger charge is 2.15. The summed E-state index contributed by atoms with van der Waals surface area (Å²) < 4.78 is 27.1. The van der Waals surface area contributed by atoms with Crippen molar-refractivity contribution < 1.29 is 8.78 Å². The number of rotatable bonds is 4. The lowest BCUT2D eigenvalue weighted by atomic mass is 10.0. The summed E-state index contributed by atoms with van der Waals surface area (Å²) >= 11 is 0. The average Bonchev–Trinajstić information content (AvgIpc) is 2.44. The van der Waals surface area contributed by atoms with E-state index in [0.29, 0.717) is 5.56 Å². The van der Waals surface area contributed by atoms with Crippen molar-refractivity contribution >= 4 is 5.69 Å². The molecule has 1 nitrogen and oxygen atoms in total. The summed E-state index contributed by atoms with van der Waals surface area (Å²) in [6.45, 7) is 5.92. The van der Waals surface area contributed by atoms with Crippen LogP contribution in [0.15, 0.2) is 36.4 Å². The molecule has 0 heterocycles. The van der Waals surface area contributed by atoms with Gasteiger partial charge in [0.25, 0.3) is 0 Å². The second kappa shape index (κ2) is 6.04. The maximum atomic E-state index is 13.8. The van der Waals surface area contributed by atoms with Gasteiger partial charge in [-0.05, 0) is 37.5 Å². The molecule has 2 rings (SSSR count). The number of para-hydroxylation sites is 1. The van der Waals surface area contributed by atoms with Crippen molar-refractivity contribution in [1.82, 2.24) is 0 Å². The number of anilines is 1. The predicted octanol–water partition coefficient (Wildman–Crippen LogP) is 5.01. The fraction of sp³-hybridized carbons (Fsp3) is 0.294. The van der Waals surface area contributed by atoms with E-state index < -0.39 is 11.6 Å². The van der Waals surface area contributed by atoms with Crippen LogP contribution >= 0.6 is 0 Å².